The molecule has 1 heterocycles. The van der Waals surface area contributed by atoms with Gasteiger partial charge in [-0.25, -0.2) is 13.2 Å². The second kappa shape index (κ2) is 4.85. The molecule has 1 fully saturated rings. The second-order valence-corrected chi connectivity index (χ2v) is 7.33. The van der Waals surface area contributed by atoms with E-state index < -0.39 is 21.3 Å². The van der Waals surface area contributed by atoms with Gasteiger partial charge in [-0.1, -0.05) is 17.7 Å². The fourth-order valence-electron chi connectivity index (χ4n) is 2.19. The van der Waals surface area contributed by atoms with Crippen LogP contribution >= 0.6 is 0 Å². The van der Waals surface area contributed by atoms with E-state index in [2.05, 4.69) is 5.32 Å². The van der Waals surface area contributed by atoms with E-state index in [4.69, 9.17) is 0 Å². The van der Waals surface area contributed by atoms with Crippen LogP contribution in [-0.4, -0.2) is 36.5 Å². The molecule has 1 aromatic rings. The van der Waals surface area contributed by atoms with Crippen molar-refractivity contribution in [2.75, 3.05) is 16.8 Å². The molecule has 0 spiro atoms. The molecule has 5 nitrogen and oxygen atoms in total. The van der Waals surface area contributed by atoms with Crippen LogP contribution in [0.1, 0.15) is 18.4 Å². The fraction of sp³-hybridized carbons (Fsp3) is 0.462. The number of carboxylic acids is 1. The van der Waals surface area contributed by atoms with Crippen molar-refractivity contribution < 1.29 is 18.3 Å². The summed E-state index contributed by atoms with van der Waals surface area (Å²) in [4.78, 5) is 11.5. The average Bonchev–Trinajstić information content (AvgIpc) is 2.35. The molecule has 1 saturated heterocycles. The van der Waals surface area contributed by atoms with Gasteiger partial charge in [0.05, 0.1) is 11.5 Å². The van der Waals surface area contributed by atoms with Crippen LogP contribution in [0.2, 0.25) is 0 Å². The van der Waals surface area contributed by atoms with E-state index in [1.165, 1.54) is 0 Å². The van der Waals surface area contributed by atoms with Crippen LogP contribution in [-0.2, 0) is 14.6 Å². The molecule has 0 unspecified atom stereocenters. The van der Waals surface area contributed by atoms with Crippen LogP contribution < -0.4 is 5.32 Å². The van der Waals surface area contributed by atoms with E-state index in [-0.39, 0.29) is 24.3 Å². The van der Waals surface area contributed by atoms with Gasteiger partial charge in [-0.2, -0.15) is 0 Å². The summed E-state index contributed by atoms with van der Waals surface area (Å²) in [6, 6.07) is 7.39. The lowest BCUT2D eigenvalue weighted by atomic mass is 9.92. The first-order valence-corrected chi connectivity index (χ1v) is 7.94. The number of hydrogen-bond donors (Lipinski definition) is 2. The molecule has 19 heavy (non-hydrogen) atoms. The quantitative estimate of drug-likeness (QED) is 0.877. The number of carbonyl (C=O) groups is 1. The normalized spacial score (nSPS) is 20.7. The Hall–Kier alpha value is -1.56. The van der Waals surface area contributed by atoms with Gasteiger partial charge in [0.25, 0.3) is 0 Å². The number of hydrogen-bond acceptors (Lipinski definition) is 4. The Bertz CT molecular complexity index is 563. The summed E-state index contributed by atoms with van der Waals surface area (Å²) in [6.45, 7) is 1.95. The Morgan fingerprint density at radius 1 is 1.21 bits per heavy atom. The standard InChI is InChI=1S/C13H17NO4S/c1-10-2-4-11(5-3-10)14-13(12(15)16)6-8-19(17,18)9-7-13/h2-5,14H,6-9H2,1H3,(H,15,16). The summed E-state index contributed by atoms with van der Waals surface area (Å²) >= 11 is 0. The smallest absolute Gasteiger partial charge is 0.329 e. The van der Waals surface area contributed by atoms with Crippen LogP contribution in [0.3, 0.4) is 0 Å². The molecular weight excluding hydrogens is 266 g/mol. The highest BCUT2D eigenvalue weighted by atomic mass is 32.2. The first-order chi connectivity index (χ1) is 8.83. The van der Waals surface area contributed by atoms with Gasteiger partial charge in [0.1, 0.15) is 5.54 Å². The zero-order valence-corrected chi connectivity index (χ0v) is 11.5. The molecular formula is C13H17NO4S. The Balaban J connectivity index is 2.22. The summed E-state index contributed by atoms with van der Waals surface area (Å²) in [5.41, 5.74) is 0.606. The van der Waals surface area contributed by atoms with Crippen molar-refractivity contribution in [1.82, 2.24) is 0 Å². The predicted octanol–water partition coefficient (Wildman–Crippen LogP) is 1.44. The molecule has 0 atom stereocenters. The van der Waals surface area contributed by atoms with Gasteiger partial charge in [-0.15, -0.1) is 0 Å². The van der Waals surface area contributed by atoms with Crippen molar-refractivity contribution in [3.05, 3.63) is 29.8 Å². The van der Waals surface area contributed by atoms with E-state index in [0.717, 1.165) is 5.56 Å². The summed E-state index contributed by atoms with van der Waals surface area (Å²) in [5, 5.41) is 12.4. The number of nitrogens with one attached hydrogen (secondary N) is 1. The highest BCUT2D eigenvalue weighted by Crippen LogP contribution is 2.28. The number of sulfone groups is 1. The molecule has 0 radical (unpaired) electrons. The molecule has 0 bridgehead atoms. The third-order valence-corrected chi connectivity index (χ3v) is 5.18. The van der Waals surface area contributed by atoms with Crippen LogP contribution in [0, 0.1) is 6.92 Å². The maximum absolute atomic E-state index is 11.5. The minimum absolute atomic E-state index is 0.0852. The van der Waals surface area contributed by atoms with Crippen molar-refractivity contribution in [3.63, 3.8) is 0 Å². The van der Waals surface area contributed by atoms with E-state index in [1.54, 1.807) is 0 Å². The number of anilines is 1. The molecule has 1 aliphatic rings. The molecule has 0 aromatic heterocycles. The summed E-state index contributed by atoms with van der Waals surface area (Å²) < 4.78 is 22.9. The van der Waals surface area contributed by atoms with Crippen molar-refractivity contribution in [3.8, 4) is 0 Å². The third-order valence-electron chi connectivity index (χ3n) is 3.52. The lowest BCUT2D eigenvalue weighted by Gasteiger charge is -2.34. The van der Waals surface area contributed by atoms with E-state index in [9.17, 15) is 18.3 Å². The maximum Gasteiger partial charge on any atom is 0.329 e. The minimum atomic E-state index is -3.09. The number of benzene rings is 1. The second-order valence-electron chi connectivity index (χ2n) is 5.03. The third kappa shape index (κ3) is 3.07. The molecule has 6 heteroatoms. The number of aliphatic carboxylic acids is 1. The Morgan fingerprint density at radius 3 is 2.21 bits per heavy atom. The molecule has 0 amide bonds. The SMILES string of the molecule is Cc1ccc(NC2(C(=O)O)CCS(=O)(=O)CC2)cc1. The van der Waals surface area contributed by atoms with Crippen LogP contribution in [0.4, 0.5) is 5.69 Å². The Labute approximate surface area is 112 Å². The molecule has 1 aliphatic heterocycles. The van der Waals surface area contributed by atoms with E-state index in [0.29, 0.717) is 5.69 Å². The highest BCUT2D eigenvalue weighted by Gasteiger charge is 2.43. The fourth-order valence-corrected chi connectivity index (χ4v) is 3.72. The number of aryl methyl sites for hydroxylation is 1. The van der Waals surface area contributed by atoms with Gasteiger partial charge in [0, 0.05) is 5.69 Å². The Morgan fingerprint density at radius 2 is 1.74 bits per heavy atom. The Kier molecular flexibility index (Phi) is 3.54. The average molecular weight is 283 g/mol. The van der Waals surface area contributed by atoms with E-state index in [1.807, 2.05) is 31.2 Å². The van der Waals surface area contributed by atoms with Crippen LogP contribution in [0.5, 0.6) is 0 Å². The first kappa shape index (κ1) is 13.9. The van der Waals surface area contributed by atoms with Crippen LogP contribution in [0.25, 0.3) is 0 Å². The van der Waals surface area contributed by atoms with Crippen LogP contribution in [0.15, 0.2) is 24.3 Å². The summed E-state index contributed by atoms with van der Waals surface area (Å²) in [6.07, 6.45) is 0.192. The monoisotopic (exact) mass is 283 g/mol. The topological polar surface area (TPSA) is 83.5 Å². The zero-order valence-electron chi connectivity index (χ0n) is 10.7. The van der Waals surface area contributed by atoms with Gasteiger partial charge in [-0.3, -0.25) is 0 Å². The van der Waals surface area contributed by atoms with Gasteiger partial charge < -0.3 is 10.4 Å². The molecule has 0 aliphatic carbocycles. The van der Waals surface area contributed by atoms with Crippen molar-refractivity contribution in [2.24, 2.45) is 0 Å². The van der Waals surface area contributed by atoms with Gasteiger partial charge in [-0.05, 0) is 31.9 Å². The minimum Gasteiger partial charge on any atom is -0.480 e. The van der Waals surface area contributed by atoms with E-state index >= 15 is 0 Å². The first-order valence-electron chi connectivity index (χ1n) is 6.12. The largest absolute Gasteiger partial charge is 0.480 e. The summed E-state index contributed by atoms with van der Waals surface area (Å²) in [5.74, 6) is -1.17. The molecule has 104 valence electrons. The van der Waals surface area contributed by atoms with Crippen molar-refractivity contribution in [1.29, 1.82) is 0 Å². The maximum atomic E-state index is 11.5. The number of rotatable bonds is 3. The molecule has 2 N–H and O–H groups in total. The lowest BCUT2D eigenvalue weighted by molar-refractivity contribution is -0.142. The van der Waals surface area contributed by atoms with Gasteiger partial charge in [0.2, 0.25) is 0 Å². The molecule has 1 aromatic carbocycles. The number of carboxylic acid groups (broad SMARTS) is 1. The molecule has 0 saturated carbocycles. The highest BCUT2D eigenvalue weighted by molar-refractivity contribution is 7.91. The van der Waals surface area contributed by atoms with Gasteiger partial charge >= 0.3 is 5.97 Å². The summed E-state index contributed by atoms with van der Waals surface area (Å²) in [7, 11) is -3.09. The van der Waals surface area contributed by atoms with Crippen molar-refractivity contribution in [2.45, 2.75) is 25.3 Å². The molecule has 2 rings (SSSR count). The van der Waals surface area contributed by atoms with Gasteiger partial charge in [0.15, 0.2) is 9.84 Å². The predicted molar refractivity (Wildman–Crippen MR) is 73.1 cm³/mol. The lowest BCUT2D eigenvalue weighted by Crippen LogP contribution is -2.51. The zero-order chi connectivity index (χ0) is 14.1. The van der Waals surface area contributed by atoms with Crippen molar-refractivity contribution >= 4 is 21.5 Å².